The summed E-state index contributed by atoms with van der Waals surface area (Å²) < 4.78 is 20.7. The lowest BCUT2D eigenvalue weighted by Crippen LogP contribution is -2.13. The molecule has 6 heteroatoms. The highest BCUT2D eigenvalue weighted by atomic mass is 19.1. The lowest BCUT2D eigenvalue weighted by atomic mass is 9.91. The molecule has 3 aromatic rings. The van der Waals surface area contributed by atoms with Gasteiger partial charge in [0.15, 0.2) is 11.5 Å². The molecule has 112 valence electrons. The Balaban J connectivity index is 1.76. The normalized spacial score (nSPS) is 16.0. The van der Waals surface area contributed by atoms with E-state index in [4.69, 9.17) is 4.52 Å². The van der Waals surface area contributed by atoms with E-state index in [0.717, 1.165) is 24.0 Å². The number of hydrogen-bond acceptors (Lipinski definition) is 4. The summed E-state index contributed by atoms with van der Waals surface area (Å²) in [7, 11) is 1.83. The average Bonchev–Trinajstić information content (AvgIpc) is 2.94. The van der Waals surface area contributed by atoms with Gasteiger partial charge in [-0.3, -0.25) is 4.68 Å². The summed E-state index contributed by atoms with van der Waals surface area (Å²) in [6.45, 7) is 1.98. The van der Waals surface area contributed by atoms with Crippen LogP contribution in [0.1, 0.15) is 29.8 Å². The third-order valence-electron chi connectivity index (χ3n) is 4.25. The Morgan fingerprint density at radius 3 is 2.77 bits per heavy atom. The first-order valence-corrected chi connectivity index (χ1v) is 7.19. The van der Waals surface area contributed by atoms with Gasteiger partial charge >= 0.3 is 0 Å². The predicted molar refractivity (Wildman–Crippen MR) is 77.7 cm³/mol. The maximum Gasteiger partial charge on any atom is 0.278 e. The molecule has 1 aromatic carbocycles. The number of rotatable bonds is 3. The molecule has 0 atom stereocenters. The van der Waals surface area contributed by atoms with E-state index in [0.29, 0.717) is 17.4 Å². The van der Waals surface area contributed by atoms with E-state index in [1.165, 1.54) is 6.07 Å². The molecule has 2 aromatic heterocycles. The quantitative estimate of drug-likeness (QED) is 0.746. The Bertz CT molecular complexity index is 847. The maximum atomic E-state index is 13.6. The van der Waals surface area contributed by atoms with Crippen LogP contribution in [-0.2, 0) is 12.5 Å². The summed E-state index contributed by atoms with van der Waals surface area (Å²) in [5.74, 6) is 0.776. The summed E-state index contributed by atoms with van der Waals surface area (Å²) in [4.78, 5) is 4.50. The average molecular weight is 298 g/mol. The second-order valence-electron chi connectivity index (χ2n) is 5.84. The van der Waals surface area contributed by atoms with E-state index < -0.39 is 0 Å². The first-order valence-electron chi connectivity index (χ1n) is 7.19. The number of nitrogens with zero attached hydrogens (tertiary/aromatic N) is 4. The standard InChI is InChI=1S/C16H15FN4O/c1-10-3-4-11(17)9-12(10)16(6-7-16)15-18-14(22-20-15)13-5-8-21(2)19-13/h3-5,8-9H,6-7H2,1-2H3. The number of hydrogen-bond donors (Lipinski definition) is 0. The molecule has 0 amide bonds. The van der Waals surface area contributed by atoms with Crippen LogP contribution >= 0.6 is 0 Å². The first kappa shape index (κ1) is 13.2. The monoisotopic (exact) mass is 298 g/mol. The van der Waals surface area contributed by atoms with Gasteiger partial charge in [0.05, 0.1) is 5.41 Å². The van der Waals surface area contributed by atoms with E-state index in [1.54, 1.807) is 16.8 Å². The van der Waals surface area contributed by atoms with Crippen LogP contribution in [0, 0.1) is 12.7 Å². The smallest absolute Gasteiger partial charge is 0.278 e. The molecular weight excluding hydrogens is 283 g/mol. The molecule has 0 N–H and O–H groups in total. The van der Waals surface area contributed by atoms with Gasteiger partial charge in [0.25, 0.3) is 5.89 Å². The van der Waals surface area contributed by atoms with Crippen molar-refractivity contribution in [3.05, 3.63) is 53.2 Å². The molecule has 0 bridgehead atoms. The summed E-state index contributed by atoms with van der Waals surface area (Å²) >= 11 is 0. The van der Waals surface area contributed by atoms with E-state index in [-0.39, 0.29) is 11.2 Å². The lowest BCUT2D eigenvalue weighted by molar-refractivity contribution is 0.416. The molecule has 2 heterocycles. The summed E-state index contributed by atoms with van der Waals surface area (Å²) in [5, 5.41) is 8.39. The number of aromatic nitrogens is 4. The molecule has 5 nitrogen and oxygen atoms in total. The minimum Gasteiger partial charge on any atom is -0.332 e. The zero-order valence-electron chi connectivity index (χ0n) is 12.4. The van der Waals surface area contributed by atoms with Crippen LogP contribution in [0.4, 0.5) is 4.39 Å². The molecular formula is C16H15FN4O. The maximum absolute atomic E-state index is 13.6. The third kappa shape index (κ3) is 1.94. The van der Waals surface area contributed by atoms with E-state index in [1.807, 2.05) is 26.2 Å². The van der Waals surface area contributed by atoms with Crippen molar-refractivity contribution in [2.24, 2.45) is 7.05 Å². The second-order valence-corrected chi connectivity index (χ2v) is 5.84. The van der Waals surface area contributed by atoms with Crippen molar-refractivity contribution in [2.45, 2.75) is 25.2 Å². The third-order valence-corrected chi connectivity index (χ3v) is 4.25. The fourth-order valence-electron chi connectivity index (χ4n) is 2.90. The van der Waals surface area contributed by atoms with Crippen LogP contribution in [0.3, 0.4) is 0 Å². The molecule has 4 rings (SSSR count). The Morgan fingerprint density at radius 2 is 2.09 bits per heavy atom. The van der Waals surface area contributed by atoms with Crippen molar-refractivity contribution in [1.82, 2.24) is 19.9 Å². The van der Waals surface area contributed by atoms with Gasteiger partial charge in [-0.1, -0.05) is 11.2 Å². The topological polar surface area (TPSA) is 56.7 Å². The molecule has 0 spiro atoms. The zero-order chi connectivity index (χ0) is 15.3. The van der Waals surface area contributed by atoms with Gasteiger partial charge in [0.2, 0.25) is 0 Å². The fraction of sp³-hybridized carbons (Fsp3) is 0.312. The van der Waals surface area contributed by atoms with Gasteiger partial charge in [-0.25, -0.2) is 4.39 Å². The van der Waals surface area contributed by atoms with Crippen LogP contribution in [0.25, 0.3) is 11.6 Å². The summed E-state index contributed by atoms with van der Waals surface area (Å²) in [6, 6.07) is 6.68. The molecule has 1 fully saturated rings. The van der Waals surface area contributed by atoms with Crippen LogP contribution in [-0.4, -0.2) is 19.9 Å². The van der Waals surface area contributed by atoms with Crippen molar-refractivity contribution < 1.29 is 8.91 Å². The van der Waals surface area contributed by atoms with Gasteiger partial charge in [-0.2, -0.15) is 10.1 Å². The first-order chi connectivity index (χ1) is 10.6. The van der Waals surface area contributed by atoms with Crippen LogP contribution in [0.2, 0.25) is 0 Å². The van der Waals surface area contributed by atoms with Gasteiger partial charge < -0.3 is 4.52 Å². The highest BCUT2D eigenvalue weighted by Crippen LogP contribution is 2.53. The Labute approximate surface area is 126 Å². The molecule has 0 unspecified atom stereocenters. The van der Waals surface area contributed by atoms with Gasteiger partial charge in [-0.05, 0) is 49.1 Å². The van der Waals surface area contributed by atoms with E-state index in [2.05, 4.69) is 15.2 Å². The van der Waals surface area contributed by atoms with Crippen molar-refractivity contribution >= 4 is 0 Å². The SMILES string of the molecule is Cc1ccc(F)cc1C1(c2noc(-c3ccn(C)n3)n2)CC1. The fourth-order valence-corrected chi connectivity index (χ4v) is 2.90. The summed E-state index contributed by atoms with van der Waals surface area (Å²) in [5.41, 5.74) is 2.32. The molecule has 1 saturated carbocycles. The molecule has 0 radical (unpaired) electrons. The zero-order valence-corrected chi connectivity index (χ0v) is 12.4. The number of aryl methyl sites for hydroxylation is 2. The van der Waals surface area contributed by atoms with Gasteiger partial charge in [0, 0.05) is 13.2 Å². The largest absolute Gasteiger partial charge is 0.332 e. The van der Waals surface area contributed by atoms with Crippen LogP contribution < -0.4 is 0 Å². The minimum absolute atomic E-state index is 0.236. The highest BCUT2D eigenvalue weighted by Gasteiger charge is 2.51. The molecule has 0 aliphatic heterocycles. The van der Waals surface area contributed by atoms with Crippen LogP contribution in [0.5, 0.6) is 0 Å². The Morgan fingerprint density at radius 1 is 1.27 bits per heavy atom. The Kier molecular flexibility index (Phi) is 2.69. The molecule has 1 aliphatic carbocycles. The van der Waals surface area contributed by atoms with Crippen molar-refractivity contribution in [3.63, 3.8) is 0 Å². The van der Waals surface area contributed by atoms with E-state index >= 15 is 0 Å². The van der Waals surface area contributed by atoms with Crippen molar-refractivity contribution in [3.8, 4) is 11.6 Å². The second kappa shape index (κ2) is 4.50. The Hall–Kier alpha value is -2.50. The molecule has 0 saturated heterocycles. The van der Waals surface area contributed by atoms with Crippen molar-refractivity contribution in [1.29, 1.82) is 0 Å². The van der Waals surface area contributed by atoms with E-state index in [9.17, 15) is 4.39 Å². The van der Waals surface area contributed by atoms with Crippen molar-refractivity contribution in [2.75, 3.05) is 0 Å². The van der Waals surface area contributed by atoms with Gasteiger partial charge in [0.1, 0.15) is 5.82 Å². The van der Waals surface area contributed by atoms with Crippen LogP contribution in [0.15, 0.2) is 35.0 Å². The minimum atomic E-state index is -0.317. The highest BCUT2D eigenvalue weighted by molar-refractivity contribution is 5.48. The predicted octanol–water partition coefficient (Wildman–Crippen LogP) is 3.00. The molecule has 22 heavy (non-hydrogen) atoms. The van der Waals surface area contributed by atoms with Gasteiger partial charge in [-0.15, -0.1) is 0 Å². The lowest BCUT2D eigenvalue weighted by Gasteiger charge is -2.14. The number of benzene rings is 1. The molecule has 1 aliphatic rings. The summed E-state index contributed by atoms with van der Waals surface area (Å²) in [6.07, 6.45) is 3.62. The number of halogens is 1.